The van der Waals surface area contributed by atoms with Crippen molar-refractivity contribution >= 4 is 5.91 Å². The van der Waals surface area contributed by atoms with Gasteiger partial charge in [0.2, 0.25) is 0 Å². The van der Waals surface area contributed by atoms with Crippen LogP contribution in [0.5, 0.6) is 11.5 Å². The second-order valence-electron chi connectivity index (χ2n) is 4.58. The number of amides is 1. The van der Waals surface area contributed by atoms with Crippen LogP contribution in [0.3, 0.4) is 0 Å². The third-order valence-corrected chi connectivity index (χ3v) is 3.15. The molecular weight excluding hydrogens is 268 g/mol. The van der Waals surface area contributed by atoms with Gasteiger partial charge >= 0.3 is 0 Å². The number of nitrogens with one attached hydrogen (secondary N) is 1. The van der Waals surface area contributed by atoms with Crippen LogP contribution in [0.25, 0.3) is 0 Å². The van der Waals surface area contributed by atoms with Crippen LogP contribution in [0.15, 0.2) is 42.7 Å². The van der Waals surface area contributed by atoms with E-state index in [0.29, 0.717) is 17.1 Å². The quantitative estimate of drug-likeness (QED) is 0.917. The standard InChI is InChI=1S/C16H18N2O3/c1-11(12-5-4-6-17-10-12)18-16(19)13-7-14(20-2)9-15(8-13)21-3/h4-11H,1-3H3,(H,18,19). The SMILES string of the molecule is COc1cc(OC)cc(C(=O)NC(C)c2cccnc2)c1. The van der Waals surface area contributed by atoms with Crippen molar-refractivity contribution in [1.29, 1.82) is 0 Å². The van der Waals surface area contributed by atoms with Gasteiger partial charge in [-0.2, -0.15) is 0 Å². The number of aromatic nitrogens is 1. The molecule has 0 saturated carbocycles. The number of hydrogen-bond donors (Lipinski definition) is 1. The van der Waals surface area contributed by atoms with Crippen LogP contribution < -0.4 is 14.8 Å². The van der Waals surface area contributed by atoms with Gasteiger partial charge in [-0.15, -0.1) is 0 Å². The Balaban J connectivity index is 2.16. The summed E-state index contributed by atoms with van der Waals surface area (Å²) in [6, 6.07) is 8.70. The van der Waals surface area contributed by atoms with Crippen LogP contribution in [0.4, 0.5) is 0 Å². The minimum atomic E-state index is -0.191. The molecule has 0 radical (unpaired) electrons. The first-order chi connectivity index (χ1) is 10.1. The van der Waals surface area contributed by atoms with Crippen molar-refractivity contribution < 1.29 is 14.3 Å². The minimum absolute atomic E-state index is 0.136. The maximum atomic E-state index is 12.3. The van der Waals surface area contributed by atoms with Crippen LogP contribution >= 0.6 is 0 Å². The summed E-state index contributed by atoms with van der Waals surface area (Å²) >= 11 is 0. The second-order valence-corrected chi connectivity index (χ2v) is 4.58. The summed E-state index contributed by atoms with van der Waals surface area (Å²) in [5.41, 5.74) is 1.43. The van der Waals surface area contributed by atoms with E-state index in [1.165, 1.54) is 0 Å². The van der Waals surface area contributed by atoms with Crippen LogP contribution in [0.2, 0.25) is 0 Å². The number of hydrogen-bond acceptors (Lipinski definition) is 4. The minimum Gasteiger partial charge on any atom is -0.497 e. The molecule has 0 saturated heterocycles. The van der Waals surface area contributed by atoms with E-state index in [-0.39, 0.29) is 11.9 Å². The molecule has 1 aromatic carbocycles. The molecule has 5 nitrogen and oxygen atoms in total. The summed E-state index contributed by atoms with van der Waals surface area (Å²) in [4.78, 5) is 16.4. The van der Waals surface area contributed by atoms with Crippen molar-refractivity contribution in [2.75, 3.05) is 14.2 Å². The zero-order valence-electron chi connectivity index (χ0n) is 12.3. The Morgan fingerprint density at radius 1 is 1.19 bits per heavy atom. The number of rotatable bonds is 5. The second kappa shape index (κ2) is 6.74. The number of carbonyl (C=O) groups excluding carboxylic acids is 1. The lowest BCUT2D eigenvalue weighted by molar-refractivity contribution is 0.0939. The lowest BCUT2D eigenvalue weighted by atomic mass is 10.1. The Kier molecular flexibility index (Phi) is 4.77. The third kappa shape index (κ3) is 3.72. The summed E-state index contributed by atoms with van der Waals surface area (Å²) in [7, 11) is 3.10. The molecule has 0 bridgehead atoms. The molecule has 0 aliphatic rings. The zero-order chi connectivity index (χ0) is 15.2. The van der Waals surface area contributed by atoms with Crippen molar-refractivity contribution in [2.24, 2.45) is 0 Å². The number of benzene rings is 1. The molecule has 0 aliphatic carbocycles. The monoisotopic (exact) mass is 286 g/mol. The van der Waals surface area contributed by atoms with Gasteiger partial charge in [-0.3, -0.25) is 9.78 Å². The fourth-order valence-electron chi connectivity index (χ4n) is 1.93. The zero-order valence-corrected chi connectivity index (χ0v) is 12.3. The molecule has 1 amide bonds. The van der Waals surface area contributed by atoms with Gasteiger partial charge in [0.1, 0.15) is 11.5 Å². The Labute approximate surface area is 123 Å². The molecule has 2 aromatic rings. The first-order valence-electron chi connectivity index (χ1n) is 6.58. The van der Waals surface area contributed by atoms with Crippen molar-refractivity contribution in [1.82, 2.24) is 10.3 Å². The van der Waals surface area contributed by atoms with E-state index in [1.807, 2.05) is 19.1 Å². The summed E-state index contributed by atoms with van der Waals surface area (Å²) in [5, 5.41) is 2.93. The fraction of sp³-hybridized carbons (Fsp3) is 0.250. The average molecular weight is 286 g/mol. The van der Waals surface area contributed by atoms with Gasteiger partial charge in [0, 0.05) is 24.0 Å². The van der Waals surface area contributed by atoms with Gasteiger partial charge in [-0.25, -0.2) is 0 Å². The summed E-state index contributed by atoms with van der Waals surface area (Å²) < 4.78 is 10.3. The van der Waals surface area contributed by atoms with Gasteiger partial charge < -0.3 is 14.8 Å². The Morgan fingerprint density at radius 2 is 1.86 bits per heavy atom. The van der Waals surface area contributed by atoms with Gasteiger partial charge in [0.05, 0.1) is 20.3 Å². The van der Waals surface area contributed by atoms with E-state index in [1.54, 1.807) is 44.8 Å². The van der Waals surface area contributed by atoms with Gasteiger partial charge in [-0.05, 0) is 30.7 Å². The Hall–Kier alpha value is -2.56. The highest BCUT2D eigenvalue weighted by molar-refractivity contribution is 5.95. The molecule has 1 heterocycles. The molecule has 1 aromatic heterocycles. The molecule has 1 atom stereocenters. The van der Waals surface area contributed by atoms with Crippen molar-refractivity contribution in [3.8, 4) is 11.5 Å². The fourth-order valence-corrected chi connectivity index (χ4v) is 1.93. The Bertz CT molecular complexity index is 592. The number of nitrogens with zero attached hydrogens (tertiary/aromatic N) is 1. The molecule has 0 fully saturated rings. The van der Waals surface area contributed by atoms with E-state index in [2.05, 4.69) is 10.3 Å². The molecule has 0 spiro atoms. The van der Waals surface area contributed by atoms with Crippen LogP contribution in [-0.2, 0) is 0 Å². The lowest BCUT2D eigenvalue weighted by Crippen LogP contribution is -2.26. The van der Waals surface area contributed by atoms with Crippen molar-refractivity contribution in [2.45, 2.75) is 13.0 Å². The Morgan fingerprint density at radius 3 is 2.38 bits per heavy atom. The molecular formula is C16H18N2O3. The van der Waals surface area contributed by atoms with E-state index in [4.69, 9.17) is 9.47 Å². The van der Waals surface area contributed by atoms with Crippen LogP contribution in [0, 0.1) is 0 Å². The molecule has 1 unspecified atom stereocenters. The van der Waals surface area contributed by atoms with E-state index < -0.39 is 0 Å². The maximum Gasteiger partial charge on any atom is 0.252 e. The topological polar surface area (TPSA) is 60.5 Å². The highest BCUT2D eigenvalue weighted by Gasteiger charge is 2.13. The van der Waals surface area contributed by atoms with E-state index in [9.17, 15) is 4.79 Å². The molecule has 110 valence electrons. The predicted molar refractivity (Wildman–Crippen MR) is 79.7 cm³/mol. The number of pyridine rings is 1. The first kappa shape index (κ1) is 14.8. The smallest absolute Gasteiger partial charge is 0.252 e. The normalized spacial score (nSPS) is 11.6. The summed E-state index contributed by atoms with van der Waals surface area (Å²) in [5.74, 6) is 0.964. The molecule has 2 rings (SSSR count). The summed E-state index contributed by atoms with van der Waals surface area (Å²) in [6.07, 6.45) is 3.43. The van der Waals surface area contributed by atoms with Crippen LogP contribution in [0.1, 0.15) is 28.9 Å². The van der Waals surface area contributed by atoms with E-state index in [0.717, 1.165) is 5.56 Å². The largest absolute Gasteiger partial charge is 0.497 e. The third-order valence-electron chi connectivity index (χ3n) is 3.15. The molecule has 21 heavy (non-hydrogen) atoms. The summed E-state index contributed by atoms with van der Waals surface area (Å²) in [6.45, 7) is 1.91. The highest BCUT2D eigenvalue weighted by atomic mass is 16.5. The molecule has 5 heteroatoms. The van der Waals surface area contributed by atoms with Crippen LogP contribution in [-0.4, -0.2) is 25.1 Å². The van der Waals surface area contributed by atoms with Gasteiger partial charge in [0.25, 0.3) is 5.91 Å². The van der Waals surface area contributed by atoms with Gasteiger partial charge in [0.15, 0.2) is 0 Å². The predicted octanol–water partition coefficient (Wildman–Crippen LogP) is 2.59. The number of methoxy groups -OCH3 is 2. The highest BCUT2D eigenvalue weighted by Crippen LogP contribution is 2.23. The maximum absolute atomic E-state index is 12.3. The average Bonchev–Trinajstić information content (AvgIpc) is 2.54. The van der Waals surface area contributed by atoms with Gasteiger partial charge in [-0.1, -0.05) is 6.07 Å². The van der Waals surface area contributed by atoms with E-state index >= 15 is 0 Å². The molecule has 0 aliphatic heterocycles. The molecule has 1 N–H and O–H groups in total. The van der Waals surface area contributed by atoms with Crippen molar-refractivity contribution in [3.63, 3.8) is 0 Å². The lowest BCUT2D eigenvalue weighted by Gasteiger charge is -2.15. The number of carbonyl (C=O) groups is 1. The van der Waals surface area contributed by atoms with Crippen molar-refractivity contribution in [3.05, 3.63) is 53.9 Å². The first-order valence-corrected chi connectivity index (χ1v) is 6.58. The number of ether oxygens (including phenoxy) is 2.